The van der Waals surface area contributed by atoms with Crippen LogP contribution in [0.3, 0.4) is 0 Å². The first-order valence-corrected chi connectivity index (χ1v) is 7.91. The van der Waals surface area contributed by atoms with Crippen molar-refractivity contribution in [2.24, 2.45) is 5.73 Å². The molecule has 110 valence electrons. The second-order valence-corrected chi connectivity index (χ2v) is 6.62. The number of amides is 1. The van der Waals surface area contributed by atoms with Crippen LogP contribution in [0.1, 0.15) is 10.4 Å². The zero-order valence-corrected chi connectivity index (χ0v) is 12.8. The van der Waals surface area contributed by atoms with Gasteiger partial charge in [-0.25, -0.2) is 8.42 Å². The molecule has 5 nitrogen and oxygen atoms in total. The number of primary amides is 1. The highest BCUT2D eigenvalue weighted by Crippen LogP contribution is 2.27. The molecule has 0 spiro atoms. The molecule has 2 aromatic carbocycles. The number of sulfonamides is 1. The minimum absolute atomic E-state index is 0.0398. The third kappa shape index (κ3) is 3.66. The van der Waals surface area contributed by atoms with Gasteiger partial charge in [-0.05, 0) is 36.4 Å². The van der Waals surface area contributed by atoms with Crippen molar-refractivity contribution < 1.29 is 13.2 Å². The lowest BCUT2D eigenvalue weighted by molar-refractivity contribution is 0.100. The second-order valence-electron chi connectivity index (χ2n) is 4.13. The van der Waals surface area contributed by atoms with Crippen molar-refractivity contribution in [3.05, 3.63) is 58.1 Å². The number of nitrogens with one attached hydrogen (secondary N) is 1. The minimum atomic E-state index is -3.93. The average Bonchev–Trinajstić information content (AvgIpc) is 2.41. The van der Waals surface area contributed by atoms with E-state index in [-0.39, 0.29) is 26.2 Å². The molecule has 3 N–H and O–H groups in total. The van der Waals surface area contributed by atoms with Crippen LogP contribution >= 0.6 is 23.2 Å². The molecule has 0 atom stereocenters. The Balaban J connectivity index is 2.40. The van der Waals surface area contributed by atoms with E-state index < -0.39 is 15.9 Å². The molecule has 0 bridgehead atoms. The van der Waals surface area contributed by atoms with Gasteiger partial charge in [-0.2, -0.15) is 0 Å². The smallest absolute Gasteiger partial charge is 0.263 e. The Labute approximate surface area is 131 Å². The van der Waals surface area contributed by atoms with E-state index in [1.54, 1.807) is 0 Å². The largest absolute Gasteiger partial charge is 0.366 e. The normalized spacial score (nSPS) is 11.1. The molecular formula is C13H10Cl2N2O3S. The molecule has 0 aliphatic rings. The van der Waals surface area contributed by atoms with Crippen molar-refractivity contribution in [1.82, 2.24) is 0 Å². The van der Waals surface area contributed by atoms with Crippen molar-refractivity contribution in [3.8, 4) is 0 Å². The van der Waals surface area contributed by atoms with E-state index >= 15 is 0 Å². The molecule has 0 saturated carbocycles. The van der Waals surface area contributed by atoms with E-state index in [1.165, 1.54) is 42.5 Å². The Bertz CT molecular complexity index is 807. The molecule has 0 radical (unpaired) electrons. The molecule has 0 heterocycles. The fourth-order valence-corrected chi connectivity index (χ4v) is 3.44. The van der Waals surface area contributed by atoms with Gasteiger partial charge in [-0.15, -0.1) is 0 Å². The van der Waals surface area contributed by atoms with Gasteiger partial charge in [0.05, 0.1) is 5.02 Å². The zero-order valence-electron chi connectivity index (χ0n) is 10.5. The van der Waals surface area contributed by atoms with E-state index in [9.17, 15) is 13.2 Å². The third-order valence-corrected chi connectivity index (χ3v) is 4.68. The zero-order chi connectivity index (χ0) is 15.6. The Hall–Kier alpha value is -1.76. The number of carbonyl (C=O) groups is 1. The molecule has 1 amide bonds. The van der Waals surface area contributed by atoms with E-state index in [4.69, 9.17) is 28.9 Å². The van der Waals surface area contributed by atoms with Crippen LogP contribution in [0.15, 0.2) is 47.4 Å². The molecule has 0 aliphatic carbocycles. The summed E-state index contributed by atoms with van der Waals surface area (Å²) in [4.78, 5) is 10.9. The van der Waals surface area contributed by atoms with Gasteiger partial charge in [-0.3, -0.25) is 9.52 Å². The summed E-state index contributed by atoms with van der Waals surface area (Å²) in [5.74, 6) is -0.656. The summed E-state index contributed by atoms with van der Waals surface area (Å²) < 4.78 is 26.9. The van der Waals surface area contributed by atoms with Gasteiger partial charge in [-0.1, -0.05) is 29.3 Å². The van der Waals surface area contributed by atoms with E-state index in [2.05, 4.69) is 4.72 Å². The standard InChI is InChI=1S/C13H10Cl2N2O3S/c14-9-4-5-11(15)12(7-9)21(19,20)17-10-3-1-2-8(6-10)13(16)18/h1-7,17H,(H2,16,18). The van der Waals surface area contributed by atoms with Crippen molar-refractivity contribution in [2.45, 2.75) is 4.90 Å². The molecule has 8 heteroatoms. The number of carbonyl (C=O) groups excluding carboxylic acids is 1. The highest BCUT2D eigenvalue weighted by Gasteiger charge is 2.19. The Morgan fingerprint density at radius 2 is 1.81 bits per heavy atom. The van der Waals surface area contributed by atoms with Crippen molar-refractivity contribution >= 4 is 44.8 Å². The molecule has 2 aromatic rings. The van der Waals surface area contributed by atoms with Crippen LogP contribution in [0.5, 0.6) is 0 Å². The highest BCUT2D eigenvalue weighted by atomic mass is 35.5. The molecule has 0 saturated heterocycles. The van der Waals surface area contributed by atoms with Crippen LogP contribution in [0.25, 0.3) is 0 Å². The fourth-order valence-electron chi connectivity index (χ4n) is 1.63. The number of anilines is 1. The van der Waals surface area contributed by atoms with Gasteiger partial charge >= 0.3 is 0 Å². The summed E-state index contributed by atoms with van der Waals surface area (Å²) >= 11 is 11.7. The summed E-state index contributed by atoms with van der Waals surface area (Å²) in [5, 5.41) is 0.281. The number of benzene rings is 2. The van der Waals surface area contributed by atoms with Crippen LogP contribution in [0.4, 0.5) is 5.69 Å². The Morgan fingerprint density at radius 3 is 2.48 bits per heavy atom. The van der Waals surface area contributed by atoms with Gasteiger partial charge < -0.3 is 5.73 Å². The summed E-state index contributed by atoms with van der Waals surface area (Å²) in [5.41, 5.74) is 5.53. The van der Waals surface area contributed by atoms with Gasteiger partial charge in [0.15, 0.2) is 0 Å². The maximum atomic E-state index is 12.3. The average molecular weight is 345 g/mol. The molecule has 2 rings (SSSR count). The maximum absolute atomic E-state index is 12.3. The molecule has 0 fully saturated rings. The first kappa shape index (κ1) is 15.6. The van der Waals surface area contributed by atoms with E-state index in [0.717, 1.165) is 0 Å². The Kier molecular flexibility index (Phi) is 4.41. The number of hydrogen-bond donors (Lipinski definition) is 2. The number of rotatable bonds is 4. The SMILES string of the molecule is NC(=O)c1cccc(NS(=O)(=O)c2cc(Cl)ccc2Cl)c1. The summed E-state index contributed by atoms with van der Waals surface area (Å²) in [6.07, 6.45) is 0. The molecule has 0 aromatic heterocycles. The summed E-state index contributed by atoms with van der Waals surface area (Å²) in [6, 6.07) is 9.92. The molecular weight excluding hydrogens is 335 g/mol. The van der Waals surface area contributed by atoms with Gasteiger partial charge in [0, 0.05) is 16.3 Å². The van der Waals surface area contributed by atoms with Crippen LogP contribution in [0, 0.1) is 0 Å². The maximum Gasteiger partial charge on any atom is 0.263 e. The third-order valence-electron chi connectivity index (χ3n) is 2.58. The van der Waals surface area contributed by atoms with E-state index in [0.29, 0.717) is 0 Å². The predicted octanol–water partition coefficient (Wildman–Crippen LogP) is 2.89. The van der Waals surface area contributed by atoms with Crippen molar-refractivity contribution in [1.29, 1.82) is 0 Å². The van der Waals surface area contributed by atoms with Crippen LogP contribution in [-0.4, -0.2) is 14.3 Å². The van der Waals surface area contributed by atoms with Crippen molar-refractivity contribution in [3.63, 3.8) is 0 Å². The monoisotopic (exact) mass is 344 g/mol. The molecule has 21 heavy (non-hydrogen) atoms. The number of nitrogens with two attached hydrogens (primary N) is 1. The first-order chi connectivity index (χ1) is 9.79. The number of hydrogen-bond acceptors (Lipinski definition) is 3. The van der Waals surface area contributed by atoms with Crippen LogP contribution in [-0.2, 0) is 10.0 Å². The minimum Gasteiger partial charge on any atom is -0.366 e. The predicted molar refractivity (Wildman–Crippen MR) is 82.2 cm³/mol. The lowest BCUT2D eigenvalue weighted by Crippen LogP contribution is -2.15. The van der Waals surface area contributed by atoms with Crippen LogP contribution < -0.4 is 10.5 Å². The quantitative estimate of drug-likeness (QED) is 0.893. The second kappa shape index (κ2) is 5.93. The highest BCUT2D eigenvalue weighted by molar-refractivity contribution is 7.92. The van der Waals surface area contributed by atoms with Crippen LogP contribution in [0.2, 0.25) is 10.0 Å². The fraction of sp³-hybridized carbons (Fsp3) is 0. The van der Waals surface area contributed by atoms with Gasteiger partial charge in [0.1, 0.15) is 4.90 Å². The molecule has 0 aliphatic heterocycles. The van der Waals surface area contributed by atoms with Gasteiger partial charge in [0.25, 0.3) is 10.0 Å². The Morgan fingerprint density at radius 1 is 1.10 bits per heavy atom. The lowest BCUT2D eigenvalue weighted by atomic mass is 10.2. The summed E-state index contributed by atoms with van der Waals surface area (Å²) in [7, 11) is -3.93. The topological polar surface area (TPSA) is 89.3 Å². The number of halogens is 2. The summed E-state index contributed by atoms with van der Waals surface area (Å²) in [6.45, 7) is 0. The van der Waals surface area contributed by atoms with Gasteiger partial charge in [0.2, 0.25) is 5.91 Å². The van der Waals surface area contributed by atoms with E-state index in [1.807, 2.05) is 0 Å². The first-order valence-electron chi connectivity index (χ1n) is 5.67. The molecule has 0 unspecified atom stereocenters. The van der Waals surface area contributed by atoms with Crippen molar-refractivity contribution in [2.75, 3.05) is 4.72 Å². The lowest BCUT2D eigenvalue weighted by Gasteiger charge is -2.10.